The van der Waals surface area contributed by atoms with Gasteiger partial charge in [0.05, 0.1) is 16.0 Å². The van der Waals surface area contributed by atoms with Gasteiger partial charge >= 0.3 is 0 Å². The summed E-state index contributed by atoms with van der Waals surface area (Å²) in [4.78, 5) is 1.62. The van der Waals surface area contributed by atoms with Gasteiger partial charge < -0.3 is 0 Å². The van der Waals surface area contributed by atoms with Gasteiger partial charge in [0.1, 0.15) is 0 Å². The van der Waals surface area contributed by atoms with Crippen LogP contribution in [-0.4, -0.2) is 0 Å². The van der Waals surface area contributed by atoms with E-state index in [1.165, 1.54) is 81.6 Å². The first kappa shape index (κ1) is 34.6. The first-order valence-electron chi connectivity index (χ1n) is 17.8. The number of para-hydroxylation sites is 1. The highest BCUT2D eigenvalue weighted by atomic mass is 32.1. The highest BCUT2D eigenvalue weighted by Gasteiger charge is 2.34. The van der Waals surface area contributed by atoms with Crippen molar-refractivity contribution in [2.75, 3.05) is 0 Å². The lowest BCUT2D eigenvalue weighted by molar-refractivity contribution is -0.598. The fourth-order valence-electron chi connectivity index (χ4n) is 6.96. The minimum absolute atomic E-state index is 0.0541. The molecular formula is C44H60NS+. The third-order valence-corrected chi connectivity index (χ3v) is 11.2. The van der Waals surface area contributed by atoms with E-state index in [1.807, 2.05) is 11.3 Å². The van der Waals surface area contributed by atoms with E-state index in [9.17, 15) is 0 Å². The van der Waals surface area contributed by atoms with Crippen LogP contribution in [0.15, 0.2) is 60.1 Å². The second-order valence-corrected chi connectivity index (χ2v) is 19.0. The van der Waals surface area contributed by atoms with Crippen molar-refractivity contribution in [1.82, 2.24) is 0 Å². The van der Waals surface area contributed by atoms with Crippen LogP contribution in [0.25, 0.3) is 27.9 Å². The van der Waals surface area contributed by atoms with Crippen molar-refractivity contribution in [3.05, 3.63) is 92.9 Å². The summed E-state index contributed by atoms with van der Waals surface area (Å²) >= 11 is 2.00. The van der Waals surface area contributed by atoms with Crippen LogP contribution in [0.2, 0.25) is 0 Å². The van der Waals surface area contributed by atoms with Crippen LogP contribution in [0.4, 0.5) is 0 Å². The first-order chi connectivity index (χ1) is 21.3. The second kappa shape index (κ2) is 12.4. The van der Waals surface area contributed by atoms with Crippen molar-refractivity contribution in [1.29, 1.82) is 0 Å². The Morgan fingerprint density at radius 2 is 1.09 bits per heavy atom. The average molecular weight is 635 g/mol. The Kier molecular flexibility index (Phi) is 9.32. The molecule has 0 aliphatic heterocycles. The fourth-order valence-corrected chi connectivity index (χ4v) is 8.18. The molecule has 1 nitrogen and oxygen atoms in total. The Bertz CT molecular complexity index is 1550. The molecular weight excluding hydrogens is 575 g/mol. The number of fused-ring (bicyclic) bond motifs is 1. The molecule has 0 saturated carbocycles. The molecule has 0 saturated heterocycles. The van der Waals surface area contributed by atoms with Gasteiger partial charge in [-0.15, -0.1) is 0 Å². The molecule has 0 fully saturated rings. The SMILES string of the molecule is CCCC1CCCc2c1sc[n+]2-c1c(-c2cc(C(C)(C)C)cc(C(C)(C)C)c2)cccc1-c1cc(C(C)(C)C)cc(C(C)(C)C)c1. The number of benzene rings is 3. The van der Waals surface area contributed by atoms with E-state index in [0.717, 1.165) is 6.42 Å². The molecule has 0 bridgehead atoms. The molecule has 1 aromatic heterocycles. The van der Waals surface area contributed by atoms with Crippen molar-refractivity contribution < 1.29 is 4.57 Å². The predicted octanol–water partition coefficient (Wildman–Crippen LogP) is 12.8. The Labute approximate surface area is 285 Å². The molecule has 1 heterocycles. The lowest BCUT2D eigenvalue weighted by atomic mass is 9.77. The maximum absolute atomic E-state index is 2.62. The minimum Gasteiger partial charge on any atom is -0.153 e. The zero-order chi connectivity index (χ0) is 33.8. The summed E-state index contributed by atoms with van der Waals surface area (Å²) in [6.07, 6.45) is 6.27. The molecule has 46 heavy (non-hydrogen) atoms. The van der Waals surface area contributed by atoms with E-state index in [2.05, 4.69) is 155 Å². The molecule has 1 atom stereocenters. The molecule has 0 amide bonds. The van der Waals surface area contributed by atoms with Crippen molar-refractivity contribution in [2.24, 2.45) is 0 Å². The van der Waals surface area contributed by atoms with Gasteiger partial charge in [-0.25, -0.2) is 0 Å². The van der Waals surface area contributed by atoms with Gasteiger partial charge in [0, 0.05) is 6.42 Å². The maximum atomic E-state index is 2.62. The van der Waals surface area contributed by atoms with Gasteiger partial charge in [0.15, 0.2) is 0 Å². The maximum Gasteiger partial charge on any atom is 0.231 e. The normalized spacial score (nSPS) is 16.1. The summed E-state index contributed by atoms with van der Waals surface area (Å²) in [5.74, 6) is 0.684. The molecule has 1 aliphatic carbocycles. The highest BCUT2D eigenvalue weighted by Crippen LogP contribution is 2.43. The number of hydrogen-bond donors (Lipinski definition) is 0. The van der Waals surface area contributed by atoms with Crippen molar-refractivity contribution in [2.45, 2.75) is 150 Å². The molecule has 1 aliphatic rings. The molecule has 0 radical (unpaired) electrons. The van der Waals surface area contributed by atoms with Crippen LogP contribution in [-0.2, 0) is 28.1 Å². The highest BCUT2D eigenvalue weighted by molar-refractivity contribution is 7.09. The van der Waals surface area contributed by atoms with Gasteiger partial charge in [-0.05, 0) is 92.4 Å². The van der Waals surface area contributed by atoms with Crippen LogP contribution in [0, 0.1) is 0 Å². The Morgan fingerprint density at radius 1 is 0.652 bits per heavy atom. The smallest absolute Gasteiger partial charge is 0.153 e. The summed E-state index contributed by atoms with van der Waals surface area (Å²) in [6.45, 7) is 30.5. The quantitative estimate of drug-likeness (QED) is 0.192. The summed E-state index contributed by atoms with van der Waals surface area (Å²) in [6, 6.07) is 21.9. The van der Waals surface area contributed by atoms with Crippen LogP contribution in [0.1, 0.15) is 154 Å². The standard InChI is InChI=1S/C44H60NS/c1-14-17-29-18-15-21-38-40(29)46-28-45(38)39-36(30-22-32(41(2,3)4)26-33(23-30)42(5,6)7)19-16-20-37(39)31-24-34(43(8,9)10)27-35(25-31)44(11,12)13/h16,19-20,22-29H,14-15,17-18,21H2,1-13H3/q+1. The van der Waals surface area contributed by atoms with Gasteiger partial charge in [-0.1, -0.05) is 150 Å². The molecule has 2 heteroatoms. The van der Waals surface area contributed by atoms with Gasteiger partial charge in [0.2, 0.25) is 16.9 Å². The Hall–Kier alpha value is -2.71. The topological polar surface area (TPSA) is 3.88 Å². The number of nitrogens with zero attached hydrogens (tertiary/aromatic N) is 1. The Morgan fingerprint density at radius 3 is 1.48 bits per heavy atom. The number of rotatable bonds is 5. The molecule has 3 aromatic carbocycles. The van der Waals surface area contributed by atoms with Crippen molar-refractivity contribution in [3.63, 3.8) is 0 Å². The van der Waals surface area contributed by atoms with Crippen LogP contribution in [0.3, 0.4) is 0 Å². The van der Waals surface area contributed by atoms with E-state index in [0.29, 0.717) is 5.92 Å². The van der Waals surface area contributed by atoms with E-state index in [-0.39, 0.29) is 21.7 Å². The summed E-state index contributed by atoms with van der Waals surface area (Å²) in [5, 5.41) is 0. The number of hydrogen-bond acceptors (Lipinski definition) is 1. The molecule has 4 aromatic rings. The molecule has 0 N–H and O–H groups in total. The van der Waals surface area contributed by atoms with E-state index >= 15 is 0 Å². The van der Waals surface area contributed by atoms with E-state index in [1.54, 1.807) is 4.88 Å². The van der Waals surface area contributed by atoms with E-state index in [4.69, 9.17) is 0 Å². The third-order valence-electron chi connectivity index (χ3n) is 10.1. The van der Waals surface area contributed by atoms with E-state index < -0.39 is 0 Å². The van der Waals surface area contributed by atoms with Crippen LogP contribution < -0.4 is 4.57 Å². The first-order valence-corrected chi connectivity index (χ1v) is 18.6. The van der Waals surface area contributed by atoms with Gasteiger partial charge in [-0.2, -0.15) is 4.57 Å². The molecule has 0 spiro atoms. The summed E-state index contributed by atoms with van der Waals surface area (Å²) in [5.41, 5.74) is 16.4. The Balaban J connectivity index is 1.89. The second-order valence-electron chi connectivity index (χ2n) is 18.1. The molecule has 1 unspecified atom stereocenters. The van der Waals surface area contributed by atoms with Gasteiger partial charge in [-0.3, -0.25) is 0 Å². The summed E-state index contributed by atoms with van der Waals surface area (Å²) in [7, 11) is 0. The van der Waals surface area contributed by atoms with Crippen molar-refractivity contribution >= 4 is 11.3 Å². The molecule has 246 valence electrons. The summed E-state index contributed by atoms with van der Waals surface area (Å²) < 4.78 is 2.62. The van der Waals surface area contributed by atoms with Crippen LogP contribution >= 0.6 is 11.3 Å². The fraction of sp³-hybridized carbons (Fsp3) is 0.523. The monoisotopic (exact) mass is 634 g/mol. The predicted molar refractivity (Wildman–Crippen MR) is 202 cm³/mol. The zero-order valence-corrected chi connectivity index (χ0v) is 32.1. The van der Waals surface area contributed by atoms with Crippen molar-refractivity contribution in [3.8, 4) is 27.9 Å². The van der Waals surface area contributed by atoms with Gasteiger partial charge in [0.25, 0.3) is 0 Å². The lowest BCUT2D eigenvalue weighted by Crippen LogP contribution is -2.36. The minimum atomic E-state index is 0.0541. The third kappa shape index (κ3) is 7.08. The number of aromatic nitrogens is 1. The number of thiazole rings is 1. The average Bonchev–Trinajstić information content (AvgIpc) is 3.39. The lowest BCUT2D eigenvalue weighted by Gasteiger charge is -2.27. The largest absolute Gasteiger partial charge is 0.231 e. The molecule has 5 rings (SSSR count). The zero-order valence-electron chi connectivity index (χ0n) is 31.2. The van der Waals surface area contributed by atoms with Crippen LogP contribution in [0.5, 0.6) is 0 Å².